The van der Waals surface area contributed by atoms with E-state index in [4.69, 9.17) is 9.47 Å². The van der Waals surface area contributed by atoms with Crippen molar-refractivity contribution in [2.45, 2.75) is 18.9 Å². The second-order valence-corrected chi connectivity index (χ2v) is 5.82. The molecule has 7 nitrogen and oxygen atoms in total. The summed E-state index contributed by atoms with van der Waals surface area (Å²) >= 11 is 0. The lowest BCUT2D eigenvalue weighted by molar-refractivity contribution is 0.0951. The van der Waals surface area contributed by atoms with Gasteiger partial charge in [0, 0.05) is 37.1 Å². The Bertz CT molecular complexity index is 724. The number of carbonyl (C=O) groups is 1. The molecule has 1 fully saturated rings. The SMILES string of the molecule is COc1ccc(C(=O)NCC2CCCN2c2ncccn2)cc1OC. The zero-order chi connectivity index (χ0) is 17.6. The molecule has 1 N–H and O–H groups in total. The summed E-state index contributed by atoms with van der Waals surface area (Å²) in [6.07, 6.45) is 5.54. The number of rotatable bonds is 6. The van der Waals surface area contributed by atoms with Crippen molar-refractivity contribution in [1.29, 1.82) is 0 Å². The van der Waals surface area contributed by atoms with Gasteiger partial charge in [0.25, 0.3) is 5.91 Å². The van der Waals surface area contributed by atoms with Gasteiger partial charge in [0.2, 0.25) is 5.95 Å². The van der Waals surface area contributed by atoms with Gasteiger partial charge in [0.05, 0.1) is 14.2 Å². The van der Waals surface area contributed by atoms with Crippen molar-refractivity contribution < 1.29 is 14.3 Å². The van der Waals surface area contributed by atoms with E-state index in [1.807, 2.05) is 0 Å². The fraction of sp³-hybridized carbons (Fsp3) is 0.389. The fourth-order valence-corrected chi connectivity index (χ4v) is 3.04. The van der Waals surface area contributed by atoms with Crippen LogP contribution in [0.15, 0.2) is 36.7 Å². The second-order valence-electron chi connectivity index (χ2n) is 5.82. The Labute approximate surface area is 147 Å². The average molecular weight is 342 g/mol. The highest BCUT2D eigenvalue weighted by atomic mass is 16.5. The zero-order valence-corrected chi connectivity index (χ0v) is 14.4. The van der Waals surface area contributed by atoms with Crippen molar-refractivity contribution in [2.75, 3.05) is 32.2 Å². The van der Waals surface area contributed by atoms with Gasteiger partial charge in [-0.3, -0.25) is 4.79 Å². The molecule has 1 aromatic carbocycles. The minimum atomic E-state index is -0.137. The highest BCUT2D eigenvalue weighted by Crippen LogP contribution is 2.27. The standard InChI is InChI=1S/C18H22N4O3/c1-24-15-7-6-13(11-16(15)25-2)17(23)21-12-14-5-3-10-22(14)18-19-8-4-9-20-18/h4,6-9,11,14H,3,5,10,12H2,1-2H3,(H,21,23). The predicted molar refractivity (Wildman–Crippen MR) is 94.3 cm³/mol. The van der Waals surface area contributed by atoms with Gasteiger partial charge in [0.1, 0.15) is 0 Å². The Morgan fingerprint density at radius 1 is 1.24 bits per heavy atom. The van der Waals surface area contributed by atoms with Crippen LogP contribution in [0.2, 0.25) is 0 Å². The van der Waals surface area contributed by atoms with Crippen LogP contribution < -0.4 is 19.7 Å². The third-order valence-corrected chi connectivity index (χ3v) is 4.33. The van der Waals surface area contributed by atoms with E-state index < -0.39 is 0 Å². The van der Waals surface area contributed by atoms with Crippen molar-refractivity contribution in [3.05, 3.63) is 42.2 Å². The maximum Gasteiger partial charge on any atom is 0.251 e. The molecule has 132 valence electrons. The average Bonchev–Trinajstić information content (AvgIpc) is 3.14. The number of benzene rings is 1. The first kappa shape index (κ1) is 17.0. The first-order valence-corrected chi connectivity index (χ1v) is 8.27. The lowest BCUT2D eigenvalue weighted by Crippen LogP contribution is -2.41. The van der Waals surface area contributed by atoms with Crippen molar-refractivity contribution in [2.24, 2.45) is 0 Å². The van der Waals surface area contributed by atoms with E-state index in [1.165, 1.54) is 0 Å². The van der Waals surface area contributed by atoms with E-state index >= 15 is 0 Å². The summed E-state index contributed by atoms with van der Waals surface area (Å²) in [7, 11) is 3.12. The Morgan fingerprint density at radius 3 is 2.72 bits per heavy atom. The number of anilines is 1. The van der Waals surface area contributed by atoms with Gasteiger partial charge < -0.3 is 19.7 Å². The smallest absolute Gasteiger partial charge is 0.251 e. The molecule has 0 spiro atoms. The number of nitrogens with one attached hydrogen (secondary N) is 1. The fourth-order valence-electron chi connectivity index (χ4n) is 3.04. The number of hydrogen-bond acceptors (Lipinski definition) is 6. The number of hydrogen-bond donors (Lipinski definition) is 1. The van der Waals surface area contributed by atoms with Crippen molar-refractivity contribution in [1.82, 2.24) is 15.3 Å². The van der Waals surface area contributed by atoms with Gasteiger partial charge in [0.15, 0.2) is 11.5 Å². The summed E-state index contributed by atoms with van der Waals surface area (Å²) in [6, 6.07) is 7.14. The van der Waals surface area contributed by atoms with Crippen LogP contribution in [0.4, 0.5) is 5.95 Å². The molecule has 0 aliphatic carbocycles. The molecule has 2 heterocycles. The van der Waals surface area contributed by atoms with Gasteiger partial charge >= 0.3 is 0 Å². The molecule has 0 radical (unpaired) electrons. The molecule has 1 amide bonds. The minimum Gasteiger partial charge on any atom is -0.493 e. The number of carbonyl (C=O) groups excluding carboxylic acids is 1. The first-order chi connectivity index (χ1) is 12.2. The number of aromatic nitrogens is 2. The molecule has 0 saturated carbocycles. The molecule has 1 unspecified atom stereocenters. The summed E-state index contributed by atoms with van der Waals surface area (Å²) in [6.45, 7) is 1.45. The number of ether oxygens (including phenoxy) is 2. The van der Waals surface area contributed by atoms with Crippen LogP contribution >= 0.6 is 0 Å². The second kappa shape index (κ2) is 7.83. The molecular weight excluding hydrogens is 320 g/mol. The molecule has 1 saturated heterocycles. The Morgan fingerprint density at radius 2 is 2.00 bits per heavy atom. The quantitative estimate of drug-likeness (QED) is 0.864. The highest BCUT2D eigenvalue weighted by Gasteiger charge is 2.26. The summed E-state index contributed by atoms with van der Waals surface area (Å²) < 4.78 is 10.4. The van der Waals surface area contributed by atoms with Gasteiger partial charge in [-0.15, -0.1) is 0 Å². The van der Waals surface area contributed by atoms with Crippen molar-refractivity contribution in [3.8, 4) is 11.5 Å². The van der Waals surface area contributed by atoms with Gasteiger partial charge in [-0.1, -0.05) is 0 Å². The van der Waals surface area contributed by atoms with Gasteiger partial charge in [-0.2, -0.15) is 0 Å². The summed E-state index contributed by atoms with van der Waals surface area (Å²) in [5.74, 6) is 1.71. The first-order valence-electron chi connectivity index (χ1n) is 8.27. The van der Waals surface area contributed by atoms with Crippen LogP contribution in [0.3, 0.4) is 0 Å². The van der Waals surface area contributed by atoms with Crippen molar-refractivity contribution >= 4 is 11.9 Å². The molecule has 0 bridgehead atoms. The minimum absolute atomic E-state index is 0.137. The van der Waals surface area contributed by atoms with E-state index in [0.29, 0.717) is 29.6 Å². The lowest BCUT2D eigenvalue weighted by atomic mass is 10.1. The third kappa shape index (κ3) is 3.81. The Hall–Kier alpha value is -2.83. The summed E-state index contributed by atoms with van der Waals surface area (Å²) in [4.78, 5) is 23.2. The molecule has 1 atom stereocenters. The van der Waals surface area contributed by atoms with Crippen molar-refractivity contribution in [3.63, 3.8) is 0 Å². The molecule has 1 aromatic heterocycles. The lowest BCUT2D eigenvalue weighted by Gasteiger charge is -2.24. The maximum atomic E-state index is 12.5. The Balaban J connectivity index is 1.64. The molecule has 7 heteroatoms. The van der Waals surface area contributed by atoms with E-state index in [2.05, 4.69) is 20.2 Å². The van der Waals surface area contributed by atoms with Crippen LogP contribution in [-0.2, 0) is 0 Å². The Kier molecular flexibility index (Phi) is 5.33. The van der Waals surface area contributed by atoms with Crippen LogP contribution in [0.5, 0.6) is 11.5 Å². The molecular formula is C18H22N4O3. The predicted octanol–water partition coefficient (Wildman–Crippen LogP) is 1.89. The summed E-state index contributed by atoms with van der Waals surface area (Å²) in [5, 5.41) is 3.00. The normalized spacial score (nSPS) is 16.6. The zero-order valence-electron chi connectivity index (χ0n) is 14.4. The maximum absolute atomic E-state index is 12.5. The molecule has 3 rings (SSSR count). The number of amides is 1. The van der Waals surface area contributed by atoms with E-state index in [0.717, 1.165) is 19.4 Å². The van der Waals surface area contributed by atoms with Crippen LogP contribution in [0.25, 0.3) is 0 Å². The number of nitrogens with zero attached hydrogens (tertiary/aromatic N) is 3. The van der Waals surface area contributed by atoms with E-state index in [9.17, 15) is 4.79 Å². The molecule has 25 heavy (non-hydrogen) atoms. The largest absolute Gasteiger partial charge is 0.493 e. The third-order valence-electron chi connectivity index (χ3n) is 4.33. The van der Waals surface area contributed by atoms with Gasteiger partial charge in [-0.25, -0.2) is 9.97 Å². The monoisotopic (exact) mass is 342 g/mol. The van der Waals surface area contributed by atoms with E-state index in [-0.39, 0.29) is 11.9 Å². The van der Waals surface area contributed by atoms with Crippen LogP contribution in [0.1, 0.15) is 23.2 Å². The molecule has 1 aliphatic rings. The highest BCUT2D eigenvalue weighted by molar-refractivity contribution is 5.94. The number of methoxy groups -OCH3 is 2. The van der Waals surface area contributed by atoms with E-state index in [1.54, 1.807) is 50.9 Å². The van der Waals surface area contributed by atoms with Crippen LogP contribution in [0, 0.1) is 0 Å². The topological polar surface area (TPSA) is 76.6 Å². The van der Waals surface area contributed by atoms with Crippen LogP contribution in [-0.4, -0.2) is 49.2 Å². The van der Waals surface area contributed by atoms with Gasteiger partial charge in [-0.05, 0) is 37.1 Å². The summed E-state index contributed by atoms with van der Waals surface area (Å²) in [5.41, 5.74) is 0.540. The molecule has 1 aliphatic heterocycles. The molecule has 2 aromatic rings.